The number of fused-ring (bicyclic) bond motifs is 11. The summed E-state index contributed by atoms with van der Waals surface area (Å²) in [5, 5.41) is 36.8. The fraction of sp³-hybridized carbons (Fsp3) is 0.588. The molecule has 0 spiro atoms. The van der Waals surface area contributed by atoms with Crippen LogP contribution in [-0.2, 0) is 126 Å². The summed E-state index contributed by atoms with van der Waals surface area (Å²) in [6, 6.07) is 31.8. The number of carbonyl (C=O) groups excluding carboxylic acids is 10. The Bertz CT molecular complexity index is 4870. The molecule has 6 aromatic rings. The molecule has 132 heavy (non-hydrogen) atoms. The molecule has 30 nitrogen and oxygen atoms in total. The number of nitrogens with zero attached hydrogens (tertiary/aromatic N) is 3. The highest BCUT2D eigenvalue weighted by atomic mass is 16.6. The predicted octanol–water partition coefficient (Wildman–Crippen LogP) is 11.7. The first-order valence-corrected chi connectivity index (χ1v) is 47.7. The lowest BCUT2D eigenvalue weighted by Crippen LogP contribution is -2.55. The second-order valence-corrected chi connectivity index (χ2v) is 37.4. The quantitative estimate of drug-likeness (QED) is 0.0126. The number of ketones is 5. The molecule has 1 aromatic heterocycles. The van der Waals surface area contributed by atoms with E-state index in [1.165, 1.54) is 11.1 Å². The largest absolute Gasteiger partial charge is 0.508 e. The highest BCUT2D eigenvalue weighted by Crippen LogP contribution is 2.61. The summed E-state index contributed by atoms with van der Waals surface area (Å²) in [4.78, 5) is 138. The first-order valence-electron chi connectivity index (χ1n) is 47.7. The summed E-state index contributed by atoms with van der Waals surface area (Å²) in [7, 11) is 1.88. The Morgan fingerprint density at radius 1 is 0.568 bits per heavy atom. The van der Waals surface area contributed by atoms with Gasteiger partial charge < -0.3 is 86.4 Å². The maximum Gasteiger partial charge on any atom is 0.408 e. The van der Waals surface area contributed by atoms with Gasteiger partial charge in [-0.25, -0.2) is 14.3 Å². The molecule has 1 heterocycles. The molecule has 11 N–H and O–H groups in total. The number of phenolic OH excluding ortho intramolecular Hbond substituents is 1. The zero-order chi connectivity index (χ0) is 94.2. The minimum atomic E-state index is -0.920. The van der Waals surface area contributed by atoms with E-state index in [0.29, 0.717) is 116 Å². The van der Waals surface area contributed by atoms with Gasteiger partial charge in [-0.1, -0.05) is 145 Å². The van der Waals surface area contributed by atoms with Gasteiger partial charge in [0.25, 0.3) is 0 Å². The molecule has 0 aliphatic heterocycles. The van der Waals surface area contributed by atoms with Crippen LogP contribution in [0.3, 0.4) is 0 Å². The second kappa shape index (κ2) is 50.3. The number of primary amides is 1. The zero-order valence-corrected chi connectivity index (χ0v) is 78.4. The number of anilines is 1. The molecule has 0 bridgehead atoms. The van der Waals surface area contributed by atoms with Gasteiger partial charge in [-0.3, -0.25) is 38.4 Å². The van der Waals surface area contributed by atoms with Gasteiger partial charge in [0.2, 0.25) is 17.7 Å². The number of likely N-dealkylation sites (N-methyl/N-ethyl adjacent to an activating group) is 1. The molecule has 30 heteroatoms. The third kappa shape index (κ3) is 27.6. The van der Waals surface area contributed by atoms with Crippen molar-refractivity contribution in [1.82, 2.24) is 41.6 Å². The lowest BCUT2D eigenvalue weighted by molar-refractivity contribution is -0.146. The van der Waals surface area contributed by atoms with E-state index in [2.05, 4.69) is 82.0 Å². The summed E-state index contributed by atoms with van der Waals surface area (Å²) >= 11 is 0. The van der Waals surface area contributed by atoms with E-state index in [1.54, 1.807) is 44.2 Å². The van der Waals surface area contributed by atoms with Gasteiger partial charge >= 0.3 is 12.1 Å². The number of hydrogen-bond acceptors (Lipinski definition) is 23. The number of unbranched alkanes of at least 4 members (excludes halogenated alkanes) is 1. The van der Waals surface area contributed by atoms with Gasteiger partial charge in [-0.05, 0) is 201 Å². The molecule has 2 unspecified atom stereocenters. The van der Waals surface area contributed by atoms with Crippen LogP contribution < -0.4 is 43.4 Å². The smallest absolute Gasteiger partial charge is 0.408 e. The van der Waals surface area contributed by atoms with Crippen LogP contribution in [0, 0.1) is 34.5 Å². The summed E-state index contributed by atoms with van der Waals surface area (Å²) in [5.41, 5.74) is 20.8. The molecule has 6 amide bonds. The number of phenols is 1. The van der Waals surface area contributed by atoms with Gasteiger partial charge in [0.15, 0.2) is 11.6 Å². The highest BCUT2D eigenvalue weighted by Gasteiger charge is 2.58. The van der Waals surface area contributed by atoms with Crippen molar-refractivity contribution in [3.63, 3.8) is 0 Å². The fourth-order valence-electron chi connectivity index (χ4n) is 20.8. The standard InChI is InChI=1S/C102H141N11O19/c1-68(2)93(110-92(121)37-47-125-51-55-129-59-60-131-57-53-127-49-45-106-91(120)36-33-84(115)80-63-73-17-8-9-19-77(73)94-95(79-21-11-10-20-78(79)80)113(112-111-94)46-50-128-54-58-130-56-52-126-48-44-105-7)86(117)64-74(18-14-43-107-97(104)123)96(122)108-75-30-24-69(25-31-75)67-132-98(124)109-83(22-12-13-42-103)85(116)62-70-23-26-71-28-34-87-99(3,81(71)61-70)38-15-40-101(87,5)89(118)66-90(119)102(6)41-16-39-100(4)82-65-76(114)32-27-72(82)29-35-88(100)102/h8-11,17,19-21,23-27,30-32,61,65,68,74,80,83,87-88,93,105,114H,12-16,18,22,28-29,33-60,62-64,66-67,103H2,1-7H3,(H,106,120)(H,108,122)(H,109,124)(H,110,121)(H3,104,107,123)/t74-,80?,83+,87-,88-,93?,99-,100-,101+,102+/m1/s1. The molecule has 0 radical (unpaired) electrons. The number of hydrogen-bond donors (Lipinski definition) is 9. The van der Waals surface area contributed by atoms with Crippen molar-refractivity contribution in [2.75, 3.05) is 131 Å². The maximum absolute atomic E-state index is 15.0. The lowest BCUT2D eigenvalue weighted by atomic mass is 9.47. The Kier molecular flexibility index (Phi) is 39.1. The number of alkyl carbamates (subject to hydrolysis) is 1. The van der Waals surface area contributed by atoms with Crippen LogP contribution in [0.1, 0.15) is 208 Å². The number of Topliss-reactive ketones (excluding diaryl/α,β-unsaturated/α-hetero) is 5. The molecule has 11 rings (SSSR count). The lowest BCUT2D eigenvalue weighted by Gasteiger charge is -2.56. The Hall–Kier alpha value is -10.0. The third-order valence-electron chi connectivity index (χ3n) is 28.0. The molecule has 5 aromatic carbocycles. The first-order chi connectivity index (χ1) is 63.7. The van der Waals surface area contributed by atoms with Crippen LogP contribution in [0.15, 0.2) is 109 Å². The van der Waals surface area contributed by atoms with Crippen LogP contribution >= 0.6 is 0 Å². The Balaban J connectivity index is 0.557. The number of nitrogens with one attached hydrogen (secondary N) is 6. The maximum atomic E-state index is 15.0. The topological polar surface area (TPSA) is 420 Å². The van der Waals surface area contributed by atoms with Crippen molar-refractivity contribution in [2.45, 2.75) is 225 Å². The van der Waals surface area contributed by atoms with Crippen molar-refractivity contribution in [2.24, 2.45) is 46.0 Å². The number of rotatable bonds is 56. The molecule has 10 atom stereocenters. The van der Waals surface area contributed by atoms with Gasteiger partial charge in [-0.2, -0.15) is 0 Å². The minimum absolute atomic E-state index is 0.0150. The van der Waals surface area contributed by atoms with E-state index >= 15 is 4.79 Å². The van der Waals surface area contributed by atoms with Crippen LogP contribution in [0.25, 0.3) is 22.5 Å². The molecule has 2 saturated carbocycles. The summed E-state index contributed by atoms with van der Waals surface area (Å²) in [5.74, 6) is -3.09. The molecule has 5 aliphatic rings. The number of urea groups is 1. The Labute approximate surface area is 776 Å². The number of amides is 6. The van der Waals surface area contributed by atoms with Gasteiger partial charge in [0, 0.05) is 91.2 Å². The van der Waals surface area contributed by atoms with Crippen LogP contribution in [-0.4, -0.2) is 217 Å². The second-order valence-electron chi connectivity index (χ2n) is 37.4. The van der Waals surface area contributed by atoms with E-state index in [4.69, 9.17) is 49.4 Å². The van der Waals surface area contributed by atoms with Crippen LogP contribution in [0.4, 0.5) is 15.3 Å². The third-order valence-corrected chi connectivity index (χ3v) is 28.0. The molecule has 2 fully saturated rings. The van der Waals surface area contributed by atoms with Crippen molar-refractivity contribution in [1.29, 1.82) is 0 Å². The van der Waals surface area contributed by atoms with Crippen molar-refractivity contribution < 1.29 is 90.9 Å². The Morgan fingerprint density at radius 3 is 1.78 bits per heavy atom. The van der Waals surface area contributed by atoms with Crippen LogP contribution in [0.5, 0.6) is 5.75 Å². The fourth-order valence-corrected chi connectivity index (χ4v) is 20.8. The van der Waals surface area contributed by atoms with E-state index < -0.39 is 58.7 Å². The zero-order valence-electron chi connectivity index (χ0n) is 78.4. The number of aryl methyl sites for hydroxylation is 2. The molecule has 0 saturated heterocycles. The van der Waals surface area contributed by atoms with Gasteiger partial charge in [0.05, 0.1) is 123 Å². The summed E-state index contributed by atoms with van der Waals surface area (Å²) in [6.45, 7) is 18.9. The average molecular weight is 1830 g/mol. The first kappa shape index (κ1) is 102. The van der Waals surface area contributed by atoms with E-state index in [0.717, 1.165) is 115 Å². The average Bonchev–Trinajstić information content (AvgIpc) is 0.789. The number of aromatic nitrogens is 3. The van der Waals surface area contributed by atoms with Gasteiger partial charge in [-0.15, -0.1) is 5.10 Å². The summed E-state index contributed by atoms with van der Waals surface area (Å²) in [6.07, 6.45) is 9.73. The molecule has 718 valence electrons. The van der Waals surface area contributed by atoms with Crippen LogP contribution in [0.2, 0.25) is 0 Å². The normalized spacial score (nSPS) is 20.6. The highest BCUT2D eigenvalue weighted by molar-refractivity contribution is 6.05. The number of aromatic hydroxyl groups is 1. The summed E-state index contributed by atoms with van der Waals surface area (Å²) < 4.78 is 47.2. The minimum Gasteiger partial charge on any atom is -0.508 e. The van der Waals surface area contributed by atoms with Crippen molar-refractivity contribution in [3.8, 4) is 28.3 Å². The number of nitrogens with two attached hydrogens (primary N) is 2. The van der Waals surface area contributed by atoms with Gasteiger partial charge in [0.1, 0.15) is 35.4 Å². The van der Waals surface area contributed by atoms with E-state index in [1.807, 2.05) is 78.5 Å². The van der Waals surface area contributed by atoms with E-state index in [9.17, 15) is 48.3 Å². The monoisotopic (exact) mass is 1820 g/mol. The SMILES string of the molecule is CNCCOCCOCCOCCn1nnc2c1-c1ccccc1C(C(=O)CCC(=O)NCCOCCOCCOCCOCCC(=O)NC(C(=O)C[C@@H](CCCNC(N)=O)C(=O)Nc1ccc(COC(=O)N[C@@H](CCCCN)C(=O)Cc3ccc4c(c3)[C@@]3(C)CCC[C@](C)(C(=O)CC(=O)[C@@]5(C)CCC[C@]6(C)c7cc(O)ccc7CC[C@@H]56)[C@@H]3CC4)cc1)C(C)C)Cc1ccccc1-2. The molecule has 5 aliphatic carbocycles. The number of benzene rings is 5. The number of carbonyl (C=O) groups is 10. The molecular weight excluding hydrogens is 1680 g/mol. The number of ether oxygens (including phenoxy) is 8. The predicted molar refractivity (Wildman–Crippen MR) is 501 cm³/mol. The van der Waals surface area contributed by atoms with Crippen molar-refractivity contribution in [3.05, 3.63) is 154 Å². The Morgan fingerprint density at radius 2 is 1.15 bits per heavy atom. The molecular formula is C102H141N11O19. The van der Waals surface area contributed by atoms with E-state index in [-0.39, 0.29) is 173 Å². The van der Waals surface area contributed by atoms with Crippen molar-refractivity contribution >= 4 is 64.4 Å².